The first-order valence-electron chi connectivity index (χ1n) is 14.1. The zero-order chi connectivity index (χ0) is 26.5. The van der Waals surface area contributed by atoms with Crippen LogP contribution in [-0.2, 0) is 11.2 Å². The Kier molecular flexibility index (Phi) is 8.57. The van der Waals surface area contributed by atoms with E-state index < -0.39 is 0 Å². The van der Waals surface area contributed by atoms with Crippen LogP contribution in [0.4, 0.5) is 10.3 Å². The molecule has 5 rings (SSSR count). The van der Waals surface area contributed by atoms with Crippen molar-refractivity contribution in [3.05, 3.63) is 53.6 Å². The number of piperidine rings is 2. The SMILES string of the molecule is CCc1cnc(N2CCC(COc3ccc(C4=CCC(C(=O)N5CCC(O)CC5)CC4)c(F)c3)CC2)nc1. The molecule has 8 heteroatoms. The molecule has 1 aromatic heterocycles. The first-order valence-corrected chi connectivity index (χ1v) is 14.1. The number of amides is 1. The summed E-state index contributed by atoms with van der Waals surface area (Å²) in [6.45, 7) is 5.71. The van der Waals surface area contributed by atoms with Gasteiger partial charge < -0.3 is 19.6 Å². The molecule has 0 spiro atoms. The molecule has 3 aliphatic rings. The number of aromatic nitrogens is 2. The average molecular weight is 523 g/mol. The first kappa shape index (κ1) is 26.6. The minimum absolute atomic E-state index is 0.0478. The summed E-state index contributed by atoms with van der Waals surface area (Å²) in [5.41, 5.74) is 2.71. The molecule has 3 heterocycles. The minimum Gasteiger partial charge on any atom is -0.493 e. The standard InChI is InChI=1S/C30H39FN4O3/c1-2-21-18-32-30(33-19-21)35-13-9-22(10-14-35)20-38-26-7-8-27(28(31)17-26)23-3-5-24(6-4-23)29(37)34-15-11-25(36)12-16-34/h3,7-8,17-19,22,24-25,36H,2,4-6,9-16,20H2,1H3. The minimum atomic E-state index is -0.288. The molecule has 1 amide bonds. The number of aliphatic hydroxyl groups excluding tert-OH is 1. The summed E-state index contributed by atoms with van der Waals surface area (Å²) >= 11 is 0. The molecule has 1 atom stereocenters. The fourth-order valence-electron chi connectivity index (χ4n) is 5.70. The number of likely N-dealkylation sites (tertiary alicyclic amines) is 1. The number of halogens is 1. The Labute approximate surface area is 224 Å². The van der Waals surface area contributed by atoms with E-state index in [2.05, 4.69) is 21.8 Å². The summed E-state index contributed by atoms with van der Waals surface area (Å²) in [6.07, 6.45) is 11.8. The maximum atomic E-state index is 15.0. The summed E-state index contributed by atoms with van der Waals surface area (Å²) in [7, 11) is 0. The smallest absolute Gasteiger partial charge is 0.226 e. The highest BCUT2D eigenvalue weighted by Gasteiger charge is 2.29. The van der Waals surface area contributed by atoms with Gasteiger partial charge in [-0.05, 0) is 80.6 Å². The number of carbonyl (C=O) groups excluding carboxylic acids is 1. The zero-order valence-corrected chi connectivity index (χ0v) is 22.3. The van der Waals surface area contributed by atoms with Gasteiger partial charge in [-0.3, -0.25) is 4.79 Å². The summed E-state index contributed by atoms with van der Waals surface area (Å²) < 4.78 is 21.0. The summed E-state index contributed by atoms with van der Waals surface area (Å²) in [5.74, 6) is 1.62. The monoisotopic (exact) mass is 522 g/mol. The molecule has 1 unspecified atom stereocenters. The Hall–Kier alpha value is -3.00. The van der Waals surface area contributed by atoms with Gasteiger partial charge in [0.2, 0.25) is 11.9 Å². The number of ether oxygens (including phenoxy) is 1. The molecule has 1 aromatic carbocycles. The van der Waals surface area contributed by atoms with E-state index in [1.165, 1.54) is 6.07 Å². The van der Waals surface area contributed by atoms with Crippen LogP contribution in [0.25, 0.3) is 5.57 Å². The largest absolute Gasteiger partial charge is 0.493 e. The predicted molar refractivity (Wildman–Crippen MR) is 145 cm³/mol. The molecular weight excluding hydrogens is 483 g/mol. The fraction of sp³-hybridized carbons (Fsp3) is 0.567. The Balaban J connectivity index is 1.09. The van der Waals surface area contributed by atoms with Crippen molar-refractivity contribution in [1.29, 1.82) is 0 Å². The van der Waals surface area contributed by atoms with Gasteiger partial charge >= 0.3 is 0 Å². The molecule has 0 bridgehead atoms. The second kappa shape index (κ2) is 12.2. The van der Waals surface area contributed by atoms with E-state index in [9.17, 15) is 9.90 Å². The number of hydrogen-bond acceptors (Lipinski definition) is 6. The molecule has 1 N–H and O–H groups in total. The molecule has 204 valence electrons. The Morgan fingerprint density at radius 1 is 1.08 bits per heavy atom. The number of nitrogens with zero attached hydrogens (tertiary/aromatic N) is 4. The molecule has 7 nitrogen and oxygen atoms in total. The highest BCUT2D eigenvalue weighted by molar-refractivity contribution is 5.81. The van der Waals surface area contributed by atoms with Crippen LogP contribution in [0, 0.1) is 17.7 Å². The average Bonchev–Trinajstić information content (AvgIpc) is 2.97. The molecule has 2 saturated heterocycles. The number of anilines is 1. The van der Waals surface area contributed by atoms with Gasteiger partial charge in [-0.2, -0.15) is 0 Å². The van der Waals surface area contributed by atoms with Gasteiger partial charge in [0.25, 0.3) is 0 Å². The maximum Gasteiger partial charge on any atom is 0.226 e. The first-order chi connectivity index (χ1) is 18.5. The summed E-state index contributed by atoms with van der Waals surface area (Å²) in [6, 6.07) is 5.16. The highest BCUT2D eigenvalue weighted by Crippen LogP contribution is 2.34. The van der Waals surface area contributed by atoms with Gasteiger partial charge in [-0.15, -0.1) is 0 Å². The lowest BCUT2D eigenvalue weighted by Gasteiger charge is -2.33. The number of rotatable bonds is 7. The van der Waals surface area contributed by atoms with Crippen molar-refractivity contribution in [1.82, 2.24) is 14.9 Å². The van der Waals surface area contributed by atoms with Gasteiger partial charge in [0.15, 0.2) is 0 Å². The molecule has 38 heavy (non-hydrogen) atoms. The third-order valence-electron chi connectivity index (χ3n) is 8.31. The van der Waals surface area contributed by atoms with Crippen molar-refractivity contribution in [3.8, 4) is 5.75 Å². The van der Waals surface area contributed by atoms with Crippen LogP contribution in [-0.4, -0.2) is 64.8 Å². The summed E-state index contributed by atoms with van der Waals surface area (Å²) in [5, 5.41) is 9.69. The van der Waals surface area contributed by atoms with Crippen LogP contribution in [0.15, 0.2) is 36.7 Å². The van der Waals surface area contributed by atoms with Crippen LogP contribution < -0.4 is 9.64 Å². The number of hydrogen-bond donors (Lipinski definition) is 1. The normalized spacial score (nSPS) is 21.3. The quantitative estimate of drug-likeness (QED) is 0.571. The number of aryl methyl sites for hydroxylation is 1. The molecule has 0 saturated carbocycles. The van der Waals surface area contributed by atoms with Crippen molar-refractivity contribution in [2.45, 2.75) is 64.4 Å². The summed E-state index contributed by atoms with van der Waals surface area (Å²) in [4.78, 5) is 25.9. The lowest BCUT2D eigenvalue weighted by molar-refractivity contribution is -0.137. The van der Waals surface area contributed by atoms with Crippen molar-refractivity contribution >= 4 is 17.4 Å². The van der Waals surface area contributed by atoms with Crippen molar-refractivity contribution in [2.24, 2.45) is 11.8 Å². The van der Waals surface area contributed by atoms with Gasteiger partial charge in [-0.25, -0.2) is 14.4 Å². The highest BCUT2D eigenvalue weighted by atomic mass is 19.1. The number of benzene rings is 1. The van der Waals surface area contributed by atoms with E-state index in [4.69, 9.17) is 4.74 Å². The van der Waals surface area contributed by atoms with E-state index >= 15 is 4.39 Å². The molecule has 0 radical (unpaired) electrons. The van der Waals surface area contributed by atoms with Gasteiger partial charge in [0.05, 0.1) is 12.7 Å². The van der Waals surface area contributed by atoms with Gasteiger partial charge in [0.1, 0.15) is 11.6 Å². The lowest BCUT2D eigenvalue weighted by atomic mass is 9.85. The van der Waals surface area contributed by atoms with E-state index in [-0.39, 0.29) is 23.7 Å². The zero-order valence-electron chi connectivity index (χ0n) is 22.3. The van der Waals surface area contributed by atoms with E-state index in [1.807, 2.05) is 35.5 Å². The number of aliphatic hydroxyl groups is 1. The van der Waals surface area contributed by atoms with E-state index in [1.54, 1.807) is 0 Å². The predicted octanol–water partition coefficient (Wildman–Crippen LogP) is 4.64. The van der Waals surface area contributed by atoms with Crippen molar-refractivity contribution in [3.63, 3.8) is 0 Å². The molecule has 2 aromatic rings. The third-order valence-corrected chi connectivity index (χ3v) is 8.31. The topological polar surface area (TPSA) is 78.8 Å². The second-order valence-corrected chi connectivity index (χ2v) is 10.9. The second-order valence-electron chi connectivity index (χ2n) is 10.9. The van der Waals surface area contributed by atoms with Crippen molar-refractivity contribution in [2.75, 3.05) is 37.7 Å². The Morgan fingerprint density at radius 2 is 1.82 bits per heavy atom. The van der Waals surface area contributed by atoms with Crippen LogP contribution in [0.3, 0.4) is 0 Å². The van der Waals surface area contributed by atoms with E-state index in [0.717, 1.165) is 55.9 Å². The van der Waals surface area contributed by atoms with E-state index in [0.29, 0.717) is 62.6 Å². The van der Waals surface area contributed by atoms with Crippen LogP contribution in [0.1, 0.15) is 63.0 Å². The molecule has 2 aliphatic heterocycles. The van der Waals surface area contributed by atoms with Gasteiger partial charge in [0, 0.05) is 56.1 Å². The van der Waals surface area contributed by atoms with Crippen LogP contribution in [0.2, 0.25) is 0 Å². The fourth-order valence-corrected chi connectivity index (χ4v) is 5.70. The van der Waals surface area contributed by atoms with Crippen molar-refractivity contribution < 1.29 is 19.0 Å². The number of allylic oxidation sites excluding steroid dienone is 2. The van der Waals surface area contributed by atoms with Crippen LogP contribution in [0.5, 0.6) is 5.75 Å². The van der Waals surface area contributed by atoms with Gasteiger partial charge in [-0.1, -0.05) is 13.0 Å². The molecule has 2 fully saturated rings. The third kappa shape index (κ3) is 6.34. The Bertz CT molecular complexity index is 1120. The number of carbonyl (C=O) groups is 1. The van der Waals surface area contributed by atoms with Crippen LogP contribution >= 0.6 is 0 Å². The lowest BCUT2D eigenvalue weighted by Crippen LogP contribution is -2.43. The molecule has 1 aliphatic carbocycles. The molecular formula is C30H39FN4O3. The maximum absolute atomic E-state index is 15.0. The Morgan fingerprint density at radius 3 is 2.45 bits per heavy atom.